The van der Waals surface area contributed by atoms with Crippen LogP contribution in [0.2, 0.25) is 10.0 Å². The Bertz CT molecular complexity index is 781. The van der Waals surface area contributed by atoms with Crippen molar-refractivity contribution in [2.75, 3.05) is 0 Å². The molecule has 0 N–H and O–H groups in total. The van der Waals surface area contributed by atoms with Gasteiger partial charge in [0.15, 0.2) is 0 Å². The van der Waals surface area contributed by atoms with Gasteiger partial charge in [0.2, 0.25) is 0 Å². The predicted molar refractivity (Wildman–Crippen MR) is 90.7 cm³/mol. The minimum Gasteiger partial charge on any atom is -0.391 e. The van der Waals surface area contributed by atoms with E-state index in [1.54, 1.807) is 17.6 Å². The average Bonchev–Trinajstić information content (AvgIpc) is 2.82. The highest BCUT2D eigenvalue weighted by Crippen LogP contribution is 2.33. The molecule has 0 fully saturated rings. The minimum atomic E-state index is 0.399. The summed E-state index contributed by atoms with van der Waals surface area (Å²) >= 11 is 13.7. The summed E-state index contributed by atoms with van der Waals surface area (Å²) < 4.78 is 1.14. The van der Waals surface area contributed by atoms with E-state index in [9.17, 15) is 0 Å². The Morgan fingerprint density at radius 1 is 1.05 bits per heavy atom. The van der Waals surface area contributed by atoms with E-state index in [-0.39, 0.29) is 0 Å². The van der Waals surface area contributed by atoms with Gasteiger partial charge in [0.05, 0.1) is 16.1 Å². The molecule has 21 heavy (non-hydrogen) atoms. The van der Waals surface area contributed by atoms with Crippen LogP contribution in [0.5, 0.6) is 0 Å². The van der Waals surface area contributed by atoms with Gasteiger partial charge in [0.1, 0.15) is 6.61 Å². The van der Waals surface area contributed by atoms with Gasteiger partial charge in [-0.2, -0.15) is 0 Å². The third-order valence-electron chi connectivity index (χ3n) is 2.95. The number of hydrogen-bond donors (Lipinski definition) is 0. The molecule has 5 heteroatoms. The van der Waals surface area contributed by atoms with Crippen LogP contribution in [0.25, 0.3) is 10.1 Å². The fourth-order valence-electron chi connectivity index (χ4n) is 1.89. The first-order chi connectivity index (χ1) is 10.2. The lowest BCUT2D eigenvalue weighted by molar-refractivity contribution is 0.132. The van der Waals surface area contributed by atoms with Crippen molar-refractivity contribution < 1.29 is 4.84 Å². The zero-order chi connectivity index (χ0) is 14.7. The molecule has 0 amide bonds. The predicted octanol–water partition coefficient (Wildman–Crippen LogP) is 5.76. The molecule has 0 aliphatic carbocycles. The molecule has 0 spiro atoms. The van der Waals surface area contributed by atoms with E-state index in [4.69, 9.17) is 28.0 Å². The van der Waals surface area contributed by atoms with Crippen LogP contribution in [0.1, 0.15) is 10.4 Å². The van der Waals surface area contributed by atoms with Gasteiger partial charge in [-0.3, -0.25) is 0 Å². The van der Waals surface area contributed by atoms with Gasteiger partial charge in [0.25, 0.3) is 0 Å². The van der Waals surface area contributed by atoms with Crippen LogP contribution in [-0.4, -0.2) is 6.21 Å². The standard InChI is InChI=1S/C16H11Cl2NOS/c17-12-7-5-11(6-8-12)10-20-19-9-15-16(18)13-3-1-2-4-14(13)21-15/h1-9H,10H2. The second kappa shape index (κ2) is 6.48. The minimum absolute atomic E-state index is 0.399. The smallest absolute Gasteiger partial charge is 0.142 e. The van der Waals surface area contributed by atoms with Crippen molar-refractivity contribution in [3.63, 3.8) is 0 Å². The van der Waals surface area contributed by atoms with Gasteiger partial charge in [-0.15, -0.1) is 11.3 Å². The Morgan fingerprint density at radius 2 is 1.81 bits per heavy atom. The van der Waals surface area contributed by atoms with E-state index in [1.165, 1.54) is 0 Å². The first-order valence-electron chi connectivity index (χ1n) is 6.31. The Morgan fingerprint density at radius 3 is 2.57 bits per heavy atom. The van der Waals surface area contributed by atoms with E-state index in [2.05, 4.69) is 5.16 Å². The van der Waals surface area contributed by atoms with Crippen LogP contribution in [0.4, 0.5) is 0 Å². The molecule has 0 aliphatic rings. The summed E-state index contributed by atoms with van der Waals surface area (Å²) in [7, 11) is 0. The monoisotopic (exact) mass is 335 g/mol. The van der Waals surface area contributed by atoms with Crippen molar-refractivity contribution in [1.82, 2.24) is 0 Å². The van der Waals surface area contributed by atoms with Gasteiger partial charge in [0, 0.05) is 15.1 Å². The summed E-state index contributed by atoms with van der Waals surface area (Å²) in [6.07, 6.45) is 1.66. The third-order valence-corrected chi connectivity index (χ3v) is 4.83. The number of oxime groups is 1. The van der Waals surface area contributed by atoms with Gasteiger partial charge in [-0.05, 0) is 23.8 Å². The SMILES string of the molecule is Clc1ccc(CON=Cc2sc3ccccc3c2Cl)cc1. The number of halogens is 2. The first kappa shape index (κ1) is 14.4. The zero-order valence-electron chi connectivity index (χ0n) is 10.9. The highest BCUT2D eigenvalue weighted by Gasteiger charge is 2.07. The topological polar surface area (TPSA) is 21.6 Å². The molecular formula is C16H11Cl2NOS. The van der Waals surface area contributed by atoms with Crippen molar-refractivity contribution in [1.29, 1.82) is 0 Å². The second-order valence-electron chi connectivity index (χ2n) is 4.41. The number of fused-ring (bicyclic) bond motifs is 1. The average molecular weight is 336 g/mol. The summed E-state index contributed by atoms with van der Waals surface area (Å²) in [5.74, 6) is 0. The Hall–Kier alpha value is -1.55. The molecule has 2 nitrogen and oxygen atoms in total. The normalized spacial score (nSPS) is 11.3. The van der Waals surface area contributed by atoms with E-state index in [1.807, 2.05) is 48.5 Å². The molecule has 1 aromatic heterocycles. The lowest BCUT2D eigenvalue weighted by Gasteiger charge is -1.99. The Labute approximate surface area is 136 Å². The second-order valence-corrected chi connectivity index (χ2v) is 6.31. The van der Waals surface area contributed by atoms with Gasteiger partial charge >= 0.3 is 0 Å². The summed E-state index contributed by atoms with van der Waals surface area (Å²) in [6, 6.07) is 15.5. The molecule has 3 aromatic rings. The molecule has 1 heterocycles. The molecule has 106 valence electrons. The maximum absolute atomic E-state index is 6.32. The summed E-state index contributed by atoms with van der Waals surface area (Å²) in [6.45, 7) is 0.399. The number of nitrogens with zero attached hydrogens (tertiary/aromatic N) is 1. The third kappa shape index (κ3) is 3.38. The zero-order valence-corrected chi connectivity index (χ0v) is 13.3. The van der Waals surface area contributed by atoms with Crippen LogP contribution in [0.15, 0.2) is 53.7 Å². The lowest BCUT2D eigenvalue weighted by atomic mass is 10.2. The number of thiophene rings is 1. The fourth-order valence-corrected chi connectivity index (χ4v) is 3.36. The van der Waals surface area contributed by atoms with Crippen LogP contribution >= 0.6 is 34.5 Å². The molecule has 0 radical (unpaired) electrons. The van der Waals surface area contributed by atoms with Crippen molar-refractivity contribution >= 4 is 50.8 Å². The van der Waals surface area contributed by atoms with Crippen LogP contribution in [0, 0.1) is 0 Å². The van der Waals surface area contributed by atoms with E-state index in [0.29, 0.717) is 11.6 Å². The fraction of sp³-hybridized carbons (Fsp3) is 0.0625. The van der Waals surface area contributed by atoms with Crippen molar-refractivity contribution in [3.8, 4) is 0 Å². The van der Waals surface area contributed by atoms with Gasteiger partial charge in [-0.1, -0.05) is 58.7 Å². The summed E-state index contributed by atoms with van der Waals surface area (Å²) in [5, 5.41) is 6.45. The Balaban J connectivity index is 1.67. The largest absolute Gasteiger partial charge is 0.391 e. The molecule has 0 bridgehead atoms. The number of benzene rings is 2. The van der Waals surface area contributed by atoms with Gasteiger partial charge < -0.3 is 4.84 Å². The maximum Gasteiger partial charge on any atom is 0.142 e. The molecule has 0 atom stereocenters. The van der Waals surface area contributed by atoms with Crippen molar-refractivity contribution in [3.05, 3.63) is 69.0 Å². The molecule has 3 rings (SSSR count). The van der Waals surface area contributed by atoms with E-state index < -0.39 is 0 Å². The molecule has 0 aliphatic heterocycles. The highest BCUT2D eigenvalue weighted by atomic mass is 35.5. The summed E-state index contributed by atoms with van der Waals surface area (Å²) in [5.41, 5.74) is 1.01. The highest BCUT2D eigenvalue weighted by molar-refractivity contribution is 7.21. The van der Waals surface area contributed by atoms with Crippen LogP contribution < -0.4 is 0 Å². The van der Waals surface area contributed by atoms with E-state index >= 15 is 0 Å². The van der Waals surface area contributed by atoms with Gasteiger partial charge in [-0.25, -0.2) is 0 Å². The van der Waals surface area contributed by atoms with Crippen LogP contribution in [-0.2, 0) is 11.4 Å². The molecule has 0 saturated heterocycles. The quantitative estimate of drug-likeness (QED) is 0.438. The maximum atomic E-state index is 6.32. The molecule has 0 saturated carbocycles. The van der Waals surface area contributed by atoms with E-state index in [0.717, 1.165) is 25.5 Å². The molecular weight excluding hydrogens is 325 g/mol. The number of rotatable bonds is 4. The first-order valence-corrected chi connectivity index (χ1v) is 7.88. The van der Waals surface area contributed by atoms with Crippen LogP contribution in [0.3, 0.4) is 0 Å². The molecule has 0 unspecified atom stereocenters. The van der Waals surface area contributed by atoms with Crippen molar-refractivity contribution in [2.24, 2.45) is 5.16 Å². The Kier molecular flexibility index (Phi) is 4.44. The summed E-state index contributed by atoms with van der Waals surface area (Å²) in [4.78, 5) is 6.19. The number of hydrogen-bond acceptors (Lipinski definition) is 3. The molecule has 2 aromatic carbocycles. The lowest BCUT2D eigenvalue weighted by Crippen LogP contribution is -1.87. The van der Waals surface area contributed by atoms with Crippen molar-refractivity contribution in [2.45, 2.75) is 6.61 Å².